The topological polar surface area (TPSA) is 104 Å². The molecule has 0 bridgehead atoms. The largest absolute Gasteiger partial charge is 0.469 e. The van der Waals surface area contributed by atoms with Gasteiger partial charge in [-0.05, 0) is 72.3 Å². The summed E-state index contributed by atoms with van der Waals surface area (Å²) in [5.41, 5.74) is -2.44. The van der Waals surface area contributed by atoms with E-state index in [0.717, 1.165) is 24.8 Å². The lowest BCUT2D eigenvalue weighted by Gasteiger charge is -2.69. The lowest BCUT2D eigenvalue weighted by atomic mass is 9.34. The summed E-state index contributed by atoms with van der Waals surface area (Å²) in [7, 11) is 1.45. The van der Waals surface area contributed by atoms with Crippen LogP contribution in [0.3, 0.4) is 0 Å². The lowest BCUT2D eigenvalue weighted by Crippen LogP contribution is -2.68. The number of hydrogen-bond donors (Lipinski definition) is 1. The van der Waals surface area contributed by atoms with E-state index in [1.165, 1.54) is 7.11 Å². The number of carbonyl (C=O) groups excluding carboxylic acids is 3. The van der Waals surface area contributed by atoms with Crippen molar-refractivity contribution in [3.63, 3.8) is 0 Å². The van der Waals surface area contributed by atoms with Crippen molar-refractivity contribution in [1.82, 2.24) is 0 Å². The van der Waals surface area contributed by atoms with Crippen LogP contribution in [0.15, 0.2) is 23.3 Å². The molecule has 206 valence electrons. The number of hydrogen-bond acceptors (Lipinski definition) is 6. The van der Waals surface area contributed by atoms with Gasteiger partial charge in [-0.15, -0.1) is 0 Å². The smallest absolute Gasteiger partial charge is 0.312 e. The summed E-state index contributed by atoms with van der Waals surface area (Å²) >= 11 is 0. The Labute approximate surface area is 226 Å². The zero-order valence-electron chi connectivity index (χ0n) is 24.2. The Bertz CT molecular complexity index is 1230. The van der Waals surface area contributed by atoms with Gasteiger partial charge in [0, 0.05) is 22.7 Å². The van der Waals surface area contributed by atoms with Gasteiger partial charge in [-0.1, -0.05) is 54.5 Å². The summed E-state index contributed by atoms with van der Waals surface area (Å²) in [4.78, 5) is 41.0. The molecule has 1 N–H and O–H groups in total. The number of ether oxygens (including phenoxy) is 1. The number of aliphatic hydroxyl groups is 1. The van der Waals surface area contributed by atoms with Crippen LogP contribution in [0, 0.1) is 61.6 Å². The van der Waals surface area contributed by atoms with Crippen molar-refractivity contribution in [1.29, 1.82) is 5.26 Å². The molecule has 0 aromatic rings. The number of methoxy groups -OCH3 is 1. The van der Waals surface area contributed by atoms with E-state index in [0.29, 0.717) is 19.3 Å². The minimum Gasteiger partial charge on any atom is -0.469 e. The van der Waals surface area contributed by atoms with Gasteiger partial charge >= 0.3 is 5.97 Å². The van der Waals surface area contributed by atoms with Crippen LogP contribution >= 0.6 is 0 Å². The van der Waals surface area contributed by atoms with Crippen molar-refractivity contribution in [3.8, 4) is 6.07 Å². The van der Waals surface area contributed by atoms with Gasteiger partial charge in [0.05, 0.1) is 24.2 Å². The van der Waals surface area contributed by atoms with Crippen LogP contribution in [0.2, 0.25) is 0 Å². The fourth-order valence-corrected chi connectivity index (χ4v) is 10.4. The number of esters is 1. The van der Waals surface area contributed by atoms with E-state index in [4.69, 9.17) is 4.74 Å². The normalized spacial score (nSPS) is 46.7. The number of carbonyl (C=O) groups is 3. The minimum absolute atomic E-state index is 0.00690. The number of fused-ring (bicyclic) bond motifs is 7. The van der Waals surface area contributed by atoms with Crippen LogP contribution in [0.5, 0.6) is 0 Å². The standard InChI is InChI=1S/C32H43NO5/c1-27(2)9-11-32(26(37)38-8)12-10-30(6)23(19(32)15-27)20(34)13-22-29(5)14-18(17-33)25(36)28(3,4)24(29)21(35)16-31(22,30)7/h13-14,19,21,23-24,35H,9-12,15-16H2,1-8H3/t19?,21-,23+,24+,29-,30-,31-,32+/m1/s1. The molecule has 6 nitrogen and oxygen atoms in total. The molecule has 0 amide bonds. The first-order chi connectivity index (χ1) is 17.4. The Kier molecular flexibility index (Phi) is 5.68. The second-order valence-electron chi connectivity index (χ2n) is 15.1. The van der Waals surface area contributed by atoms with Crippen molar-refractivity contribution in [2.24, 2.45) is 50.2 Å². The molecule has 0 aliphatic heterocycles. The van der Waals surface area contributed by atoms with Crippen LogP contribution in [0.25, 0.3) is 0 Å². The van der Waals surface area contributed by atoms with E-state index in [-0.39, 0.29) is 40.4 Å². The Hall–Kier alpha value is -2.26. The maximum atomic E-state index is 14.4. The van der Waals surface area contributed by atoms with Gasteiger partial charge < -0.3 is 9.84 Å². The van der Waals surface area contributed by atoms with E-state index in [1.807, 2.05) is 20.8 Å². The highest BCUT2D eigenvalue weighted by atomic mass is 16.5. The molecular weight excluding hydrogens is 478 g/mol. The first kappa shape index (κ1) is 27.3. The van der Waals surface area contributed by atoms with E-state index in [2.05, 4.69) is 33.8 Å². The highest BCUT2D eigenvalue weighted by Gasteiger charge is 2.72. The van der Waals surface area contributed by atoms with Crippen LogP contribution in [-0.4, -0.2) is 35.9 Å². The van der Waals surface area contributed by atoms with Crippen LogP contribution in [-0.2, 0) is 19.1 Å². The summed E-state index contributed by atoms with van der Waals surface area (Å²) in [6.07, 6.45) is 6.92. The molecule has 5 aliphatic carbocycles. The number of nitrogens with zero attached hydrogens (tertiary/aromatic N) is 1. The summed E-state index contributed by atoms with van der Waals surface area (Å²) in [6.45, 7) is 14.4. The Balaban J connectivity index is 1.73. The SMILES string of the molecule is COC(=O)[C@]12CCC(C)(C)CC1[C@H]1C(=O)C=C3[C@@]4(C)C=C(C#N)C(=O)C(C)(C)[C@@H]4[C@H](O)C[C@@]3(C)[C@]1(C)CC2. The molecule has 6 heteroatoms. The van der Waals surface area contributed by atoms with Gasteiger partial charge in [-0.2, -0.15) is 5.26 Å². The second kappa shape index (κ2) is 7.90. The average molecular weight is 522 g/mol. The fourth-order valence-electron chi connectivity index (χ4n) is 10.4. The van der Waals surface area contributed by atoms with E-state index < -0.39 is 39.1 Å². The molecule has 1 unspecified atom stereocenters. The molecule has 3 fully saturated rings. The molecule has 0 spiro atoms. The third-order valence-electron chi connectivity index (χ3n) is 12.3. The Morgan fingerprint density at radius 2 is 1.66 bits per heavy atom. The highest BCUT2D eigenvalue weighted by Crippen LogP contribution is 2.74. The van der Waals surface area contributed by atoms with Crippen molar-refractivity contribution in [2.45, 2.75) is 93.1 Å². The number of aliphatic hydroxyl groups excluding tert-OH is 1. The number of ketones is 2. The molecule has 8 atom stereocenters. The minimum atomic E-state index is -0.947. The third kappa shape index (κ3) is 3.12. The molecule has 3 saturated carbocycles. The highest BCUT2D eigenvalue weighted by molar-refractivity contribution is 6.04. The Morgan fingerprint density at radius 3 is 2.26 bits per heavy atom. The van der Waals surface area contributed by atoms with E-state index in [9.17, 15) is 24.8 Å². The van der Waals surface area contributed by atoms with Crippen LogP contribution in [0.4, 0.5) is 0 Å². The summed E-state index contributed by atoms with van der Waals surface area (Å²) in [5, 5.41) is 21.7. The molecule has 0 radical (unpaired) electrons. The number of rotatable bonds is 1. The predicted octanol–water partition coefficient (Wildman–Crippen LogP) is 5.35. The van der Waals surface area contributed by atoms with Crippen molar-refractivity contribution in [3.05, 3.63) is 23.3 Å². The van der Waals surface area contributed by atoms with E-state index in [1.54, 1.807) is 12.2 Å². The van der Waals surface area contributed by atoms with Gasteiger partial charge in [0.15, 0.2) is 11.6 Å². The number of allylic oxidation sites excluding steroid dienone is 4. The van der Waals surface area contributed by atoms with Crippen molar-refractivity contribution >= 4 is 17.5 Å². The van der Waals surface area contributed by atoms with Gasteiger partial charge in [0.25, 0.3) is 0 Å². The molecule has 0 heterocycles. The summed E-state index contributed by atoms with van der Waals surface area (Å²) < 4.78 is 5.38. The molecule has 5 aliphatic rings. The van der Waals surface area contributed by atoms with Crippen LogP contribution < -0.4 is 0 Å². The molecular formula is C32H43NO5. The monoisotopic (exact) mass is 521 g/mol. The van der Waals surface area contributed by atoms with Crippen molar-refractivity contribution in [2.75, 3.05) is 7.11 Å². The quantitative estimate of drug-likeness (QED) is 0.467. The molecule has 0 aromatic heterocycles. The molecule has 5 rings (SSSR count). The lowest BCUT2D eigenvalue weighted by molar-refractivity contribution is -0.197. The van der Waals surface area contributed by atoms with Gasteiger partial charge in [-0.25, -0.2) is 0 Å². The maximum Gasteiger partial charge on any atom is 0.312 e. The van der Waals surface area contributed by atoms with E-state index >= 15 is 0 Å². The predicted molar refractivity (Wildman–Crippen MR) is 142 cm³/mol. The zero-order chi connectivity index (χ0) is 28.3. The van der Waals surface area contributed by atoms with Crippen molar-refractivity contribution < 1.29 is 24.2 Å². The summed E-state index contributed by atoms with van der Waals surface area (Å²) in [5.74, 6) is -1.36. The zero-order valence-corrected chi connectivity index (χ0v) is 24.2. The number of nitriles is 1. The van der Waals surface area contributed by atoms with Gasteiger partial charge in [0.1, 0.15) is 6.07 Å². The Morgan fingerprint density at radius 1 is 1.03 bits per heavy atom. The molecule has 38 heavy (non-hydrogen) atoms. The fraction of sp³-hybridized carbons (Fsp3) is 0.750. The average Bonchev–Trinajstić information content (AvgIpc) is 2.82. The van der Waals surface area contributed by atoms with Crippen LogP contribution in [0.1, 0.15) is 87.0 Å². The number of Topliss-reactive ketones (excluding diaryl/α,β-unsaturated/α-hetero) is 1. The second-order valence-corrected chi connectivity index (χ2v) is 15.1. The maximum absolute atomic E-state index is 14.4. The first-order valence-electron chi connectivity index (χ1n) is 14.2. The molecule has 0 saturated heterocycles. The third-order valence-corrected chi connectivity index (χ3v) is 12.3. The summed E-state index contributed by atoms with van der Waals surface area (Å²) in [6, 6.07) is 2.10. The van der Waals surface area contributed by atoms with Gasteiger partial charge in [0.2, 0.25) is 0 Å². The van der Waals surface area contributed by atoms with Gasteiger partial charge in [-0.3, -0.25) is 14.4 Å². The molecule has 0 aromatic carbocycles. The first-order valence-corrected chi connectivity index (χ1v) is 14.2.